The van der Waals surface area contributed by atoms with Crippen molar-refractivity contribution in [3.63, 3.8) is 0 Å². The fourth-order valence-corrected chi connectivity index (χ4v) is 0.470. The first-order chi connectivity index (χ1) is 4.93. The lowest BCUT2D eigenvalue weighted by molar-refractivity contribution is -0.0435. The van der Waals surface area contributed by atoms with Crippen LogP contribution in [-0.4, -0.2) is 38.5 Å². The summed E-state index contributed by atoms with van der Waals surface area (Å²) in [6, 6.07) is 0. The topological polar surface area (TPSA) is 89.6 Å². The van der Waals surface area contributed by atoms with Gasteiger partial charge in [-0.25, -0.2) is 0 Å². The van der Waals surface area contributed by atoms with Gasteiger partial charge in [-0.1, -0.05) is 0 Å². The van der Waals surface area contributed by atoms with Crippen LogP contribution in [0.25, 0.3) is 0 Å². The van der Waals surface area contributed by atoms with Gasteiger partial charge < -0.3 is 10.5 Å². The normalized spacial score (nSPS) is 23.0. The summed E-state index contributed by atoms with van der Waals surface area (Å²) < 4.78 is 30.8. The zero-order valence-corrected chi connectivity index (χ0v) is 7.17. The van der Waals surface area contributed by atoms with E-state index in [0.717, 1.165) is 13.0 Å². The summed E-state index contributed by atoms with van der Waals surface area (Å²) >= 11 is 0. The van der Waals surface area contributed by atoms with Crippen LogP contribution in [0.2, 0.25) is 0 Å². The Morgan fingerprint density at radius 1 is 1.73 bits per heavy atom. The molecule has 1 aliphatic heterocycles. The average Bonchev–Trinajstić information content (AvgIpc) is 1.55. The maximum Gasteiger partial charge on any atom is 0.261 e. The molecule has 1 fully saturated rings. The third-order valence-electron chi connectivity index (χ3n) is 1.06. The summed E-state index contributed by atoms with van der Waals surface area (Å²) in [4.78, 5) is 0. The molecule has 0 bridgehead atoms. The first kappa shape index (κ1) is 10.8. The van der Waals surface area contributed by atoms with Gasteiger partial charge >= 0.3 is 0 Å². The number of nitrogens with two attached hydrogens (primary N) is 1. The van der Waals surface area contributed by atoms with Crippen LogP contribution >= 0.6 is 0 Å². The van der Waals surface area contributed by atoms with Crippen molar-refractivity contribution in [3.8, 4) is 0 Å². The molecule has 1 atom stereocenters. The Bertz CT molecular complexity index is 174. The van der Waals surface area contributed by atoms with Crippen molar-refractivity contribution >= 4 is 10.1 Å². The van der Waals surface area contributed by atoms with Crippen LogP contribution in [0.1, 0.15) is 6.42 Å². The Balaban J connectivity index is 0.000000187. The van der Waals surface area contributed by atoms with Crippen molar-refractivity contribution in [1.82, 2.24) is 0 Å². The van der Waals surface area contributed by atoms with E-state index < -0.39 is 10.1 Å². The molecule has 0 aromatic carbocycles. The zero-order valence-electron chi connectivity index (χ0n) is 6.36. The van der Waals surface area contributed by atoms with Crippen molar-refractivity contribution in [2.75, 3.05) is 19.4 Å². The molecule has 0 aromatic heterocycles. The van der Waals surface area contributed by atoms with Gasteiger partial charge in [0.2, 0.25) is 0 Å². The lowest BCUT2D eigenvalue weighted by Crippen LogP contribution is -2.33. The lowest BCUT2D eigenvalue weighted by atomic mass is 10.2. The standard InChI is InChI=1S/C4H9NO.CH4O3S/c5-3-4-1-2-6-4;1-5(2,3)4/h4H,1-3,5H2;1H3,(H,2,3,4). The molecule has 0 aliphatic carbocycles. The highest BCUT2D eigenvalue weighted by molar-refractivity contribution is 7.85. The Morgan fingerprint density at radius 2 is 2.09 bits per heavy atom. The van der Waals surface area contributed by atoms with E-state index in [2.05, 4.69) is 0 Å². The molecule has 1 unspecified atom stereocenters. The van der Waals surface area contributed by atoms with Crippen LogP contribution in [-0.2, 0) is 14.9 Å². The van der Waals surface area contributed by atoms with Crippen molar-refractivity contribution < 1.29 is 17.7 Å². The van der Waals surface area contributed by atoms with Crippen LogP contribution in [0.3, 0.4) is 0 Å². The van der Waals surface area contributed by atoms with Gasteiger partial charge in [0.05, 0.1) is 12.4 Å². The SMILES string of the molecule is CS(=O)(=O)O.NCC1CCO1. The van der Waals surface area contributed by atoms with E-state index in [0.29, 0.717) is 18.9 Å². The second-order valence-corrected chi connectivity index (χ2v) is 3.72. The Hall–Kier alpha value is -0.170. The minimum Gasteiger partial charge on any atom is -0.377 e. The van der Waals surface area contributed by atoms with E-state index in [1.54, 1.807) is 0 Å². The lowest BCUT2D eigenvalue weighted by Gasteiger charge is -2.24. The number of hydrogen-bond acceptors (Lipinski definition) is 4. The number of ether oxygens (including phenoxy) is 1. The van der Waals surface area contributed by atoms with Gasteiger partial charge in [-0.2, -0.15) is 8.42 Å². The molecule has 0 aromatic rings. The van der Waals surface area contributed by atoms with E-state index in [1.807, 2.05) is 0 Å². The Labute approximate surface area is 66.3 Å². The highest BCUT2D eigenvalue weighted by atomic mass is 32.2. The van der Waals surface area contributed by atoms with E-state index in [-0.39, 0.29) is 0 Å². The van der Waals surface area contributed by atoms with Crippen molar-refractivity contribution in [3.05, 3.63) is 0 Å². The average molecular weight is 183 g/mol. The maximum absolute atomic E-state index is 9.19. The van der Waals surface area contributed by atoms with Crippen molar-refractivity contribution in [2.24, 2.45) is 5.73 Å². The van der Waals surface area contributed by atoms with E-state index >= 15 is 0 Å². The molecule has 3 N–H and O–H groups in total. The fraction of sp³-hybridized carbons (Fsp3) is 1.00. The highest BCUT2D eigenvalue weighted by Gasteiger charge is 2.14. The Kier molecular flexibility index (Phi) is 4.58. The molecule has 0 amide bonds. The molecule has 0 spiro atoms. The van der Waals surface area contributed by atoms with Gasteiger partial charge in [0.15, 0.2) is 0 Å². The van der Waals surface area contributed by atoms with E-state index in [9.17, 15) is 8.42 Å². The molecule has 5 nitrogen and oxygen atoms in total. The third-order valence-corrected chi connectivity index (χ3v) is 1.06. The minimum atomic E-state index is -3.67. The van der Waals surface area contributed by atoms with Gasteiger partial charge in [0, 0.05) is 13.2 Å². The van der Waals surface area contributed by atoms with Gasteiger partial charge in [0.25, 0.3) is 10.1 Å². The second kappa shape index (κ2) is 4.66. The molecule has 1 heterocycles. The zero-order chi connectivity index (χ0) is 8.91. The quantitative estimate of drug-likeness (QED) is 0.521. The first-order valence-corrected chi connectivity index (χ1v) is 5.02. The molecule has 6 heteroatoms. The largest absolute Gasteiger partial charge is 0.377 e. The summed E-state index contributed by atoms with van der Waals surface area (Å²) in [7, 11) is -3.67. The summed E-state index contributed by atoms with van der Waals surface area (Å²) in [6.45, 7) is 1.61. The molecule has 1 rings (SSSR count). The predicted molar refractivity (Wildman–Crippen MR) is 40.9 cm³/mol. The van der Waals surface area contributed by atoms with Crippen molar-refractivity contribution in [2.45, 2.75) is 12.5 Å². The van der Waals surface area contributed by atoms with Crippen LogP contribution in [0.5, 0.6) is 0 Å². The van der Waals surface area contributed by atoms with Crippen molar-refractivity contribution in [1.29, 1.82) is 0 Å². The second-order valence-electron chi connectivity index (χ2n) is 2.25. The fourth-order valence-electron chi connectivity index (χ4n) is 0.470. The molecule has 68 valence electrons. The Morgan fingerprint density at radius 3 is 2.09 bits per heavy atom. The number of rotatable bonds is 1. The van der Waals surface area contributed by atoms with Gasteiger partial charge in [-0.05, 0) is 6.42 Å². The van der Waals surface area contributed by atoms with Crippen LogP contribution in [0.15, 0.2) is 0 Å². The van der Waals surface area contributed by atoms with Gasteiger partial charge in [-0.15, -0.1) is 0 Å². The van der Waals surface area contributed by atoms with E-state index in [4.69, 9.17) is 15.0 Å². The highest BCUT2D eigenvalue weighted by Crippen LogP contribution is 2.07. The molecule has 11 heavy (non-hydrogen) atoms. The summed E-state index contributed by atoms with van der Waals surface area (Å²) in [5.41, 5.74) is 5.21. The summed E-state index contributed by atoms with van der Waals surface area (Å²) in [6.07, 6.45) is 2.27. The third kappa shape index (κ3) is 9.83. The smallest absolute Gasteiger partial charge is 0.261 e. The van der Waals surface area contributed by atoms with Crippen LogP contribution in [0.4, 0.5) is 0 Å². The molecule has 0 saturated carbocycles. The van der Waals surface area contributed by atoms with E-state index in [1.165, 1.54) is 0 Å². The molecule has 1 saturated heterocycles. The molecule has 1 aliphatic rings. The van der Waals surface area contributed by atoms with Gasteiger partial charge in [0.1, 0.15) is 0 Å². The van der Waals surface area contributed by atoms with Gasteiger partial charge in [-0.3, -0.25) is 4.55 Å². The molecular formula is C5H13NO4S. The monoisotopic (exact) mass is 183 g/mol. The number of hydrogen-bond donors (Lipinski definition) is 2. The molecular weight excluding hydrogens is 170 g/mol. The summed E-state index contributed by atoms with van der Waals surface area (Å²) in [5.74, 6) is 0. The maximum atomic E-state index is 9.19. The van der Waals surface area contributed by atoms with Crippen LogP contribution in [0, 0.1) is 0 Å². The summed E-state index contributed by atoms with van der Waals surface area (Å²) in [5, 5.41) is 0. The minimum absolute atomic E-state index is 0.394. The molecule has 0 radical (unpaired) electrons. The van der Waals surface area contributed by atoms with Crippen LogP contribution < -0.4 is 5.73 Å². The first-order valence-electron chi connectivity index (χ1n) is 3.17. The predicted octanol–water partition coefficient (Wildman–Crippen LogP) is -0.762.